The second-order valence-electron chi connectivity index (χ2n) is 7.89. The van der Waals surface area contributed by atoms with E-state index in [1.54, 1.807) is 0 Å². The zero-order chi connectivity index (χ0) is 20.1. The highest BCUT2D eigenvalue weighted by Crippen LogP contribution is 2.20. The molecule has 0 unspecified atom stereocenters. The Balaban J connectivity index is 1.32. The Bertz CT molecular complexity index is 900. The van der Waals surface area contributed by atoms with Crippen LogP contribution >= 0.6 is 0 Å². The zero-order valence-corrected chi connectivity index (χ0v) is 16.8. The monoisotopic (exact) mass is 396 g/mol. The van der Waals surface area contributed by atoms with E-state index in [1.165, 1.54) is 23.5 Å². The third-order valence-electron chi connectivity index (χ3n) is 5.75. The number of hydrogen-bond acceptors (Lipinski definition) is 5. The number of carbonyl (C=O) groups is 1. The maximum absolute atomic E-state index is 12.4. The summed E-state index contributed by atoms with van der Waals surface area (Å²) in [6, 6.07) is 9.93. The summed E-state index contributed by atoms with van der Waals surface area (Å²) >= 11 is 0. The van der Waals surface area contributed by atoms with Crippen LogP contribution in [0.25, 0.3) is 0 Å². The molecular formula is C23H28N2O4. The summed E-state index contributed by atoms with van der Waals surface area (Å²) < 4.78 is 11.1. The van der Waals surface area contributed by atoms with Crippen molar-refractivity contribution in [2.45, 2.75) is 45.2 Å². The second kappa shape index (κ2) is 9.27. The predicted molar refractivity (Wildman–Crippen MR) is 110 cm³/mol. The van der Waals surface area contributed by atoms with Gasteiger partial charge in [0.1, 0.15) is 12.0 Å². The Morgan fingerprint density at radius 2 is 1.79 bits per heavy atom. The molecule has 6 heteroatoms. The molecule has 1 saturated heterocycles. The molecular weight excluding hydrogens is 368 g/mol. The van der Waals surface area contributed by atoms with E-state index in [1.807, 2.05) is 4.90 Å². The van der Waals surface area contributed by atoms with Gasteiger partial charge in [0.2, 0.25) is 11.2 Å². The number of benzene rings is 1. The lowest BCUT2D eigenvalue weighted by Crippen LogP contribution is -2.36. The minimum Gasteiger partial charge on any atom is -0.477 e. The standard InChI is InChI=1S/C23H28N2O4/c26-21-13-20(15-24-12-9-18-7-3-4-8-19(18)14-24)28-16-22(21)29-17-23(27)25-10-5-1-2-6-11-25/h3-4,7-8,13,16H,1-2,5-6,9-12,14-15,17H2. The third kappa shape index (κ3) is 5.07. The minimum absolute atomic E-state index is 0.0673. The van der Waals surface area contributed by atoms with Crippen molar-refractivity contribution in [3.05, 3.63) is 63.7 Å². The van der Waals surface area contributed by atoms with Gasteiger partial charge >= 0.3 is 0 Å². The molecule has 0 saturated carbocycles. The van der Waals surface area contributed by atoms with Crippen LogP contribution in [0.5, 0.6) is 5.75 Å². The summed E-state index contributed by atoms with van der Waals surface area (Å²) in [6.07, 6.45) is 6.73. The summed E-state index contributed by atoms with van der Waals surface area (Å²) in [7, 11) is 0. The van der Waals surface area contributed by atoms with E-state index in [0.717, 1.165) is 58.3 Å². The Kier molecular flexibility index (Phi) is 6.30. The first-order chi connectivity index (χ1) is 14.2. The van der Waals surface area contributed by atoms with Crippen LogP contribution in [-0.2, 0) is 24.3 Å². The molecule has 0 aliphatic carbocycles. The summed E-state index contributed by atoms with van der Waals surface area (Å²) in [5.74, 6) is 0.642. The SMILES string of the molecule is O=C(COc1coc(CN2CCc3ccccc3C2)cc1=O)N1CCCCCC1. The van der Waals surface area contributed by atoms with E-state index in [-0.39, 0.29) is 23.7 Å². The molecule has 0 atom stereocenters. The molecule has 2 aromatic rings. The predicted octanol–water partition coefficient (Wildman–Crippen LogP) is 2.98. The number of rotatable bonds is 5. The van der Waals surface area contributed by atoms with Crippen molar-refractivity contribution in [2.75, 3.05) is 26.2 Å². The largest absolute Gasteiger partial charge is 0.477 e. The molecule has 0 N–H and O–H groups in total. The molecule has 0 spiro atoms. The van der Waals surface area contributed by atoms with Crippen LogP contribution in [0.3, 0.4) is 0 Å². The quantitative estimate of drug-likeness (QED) is 0.778. The van der Waals surface area contributed by atoms with Crippen LogP contribution < -0.4 is 10.2 Å². The number of nitrogens with zero attached hydrogens (tertiary/aromatic N) is 2. The highest BCUT2D eigenvalue weighted by atomic mass is 16.5. The highest BCUT2D eigenvalue weighted by Gasteiger charge is 2.19. The van der Waals surface area contributed by atoms with Crippen molar-refractivity contribution in [1.29, 1.82) is 0 Å². The fourth-order valence-corrected chi connectivity index (χ4v) is 4.09. The Hall–Kier alpha value is -2.60. The number of amides is 1. The van der Waals surface area contributed by atoms with Crippen LogP contribution in [-0.4, -0.2) is 41.9 Å². The molecule has 154 valence electrons. The fourth-order valence-electron chi connectivity index (χ4n) is 4.09. The number of hydrogen-bond donors (Lipinski definition) is 0. The van der Waals surface area contributed by atoms with E-state index in [2.05, 4.69) is 29.2 Å². The van der Waals surface area contributed by atoms with Crippen LogP contribution in [0.1, 0.15) is 42.6 Å². The molecule has 6 nitrogen and oxygen atoms in total. The Morgan fingerprint density at radius 1 is 1.03 bits per heavy atom. The molecule has 1 amide bonds. The van der Waals surface area contributed by atoms with Gasteiger partial charge in [-0.25, -0.2) is 0 Å². The lowest BCUT2D eigenvalue weighted by Gasteiger charge is -2.28. The van der Waals surface area contributed by atoms with Crippen LogP contribution in [0, 0.1) is 0 Å². The molecule has 1 aromatic carbocycles. The van der Waals surface area contributed by atoms with Crippen molar-refractivity contribution in [3.8, 4) is 5.75 Å². The summed E-state index contributed by atoms with van der Waals surface area (Å²) in [5, 5.41) is 0. The van der Waals surface area contributed by atoms with Gasteiger partial charge in [0.15, 0.2) is 6.61 Å². The van der Waals surface area contributed by atoms with Gasteiger partial charge in [-0.2, -0.15) is 0 Å². The van der Waals surface area contributed by atoms with Gasteiger partial charge in [-0.3, -0.25) is 14.5 Å². The first-order valence-corrected chi connectivity index (χ1v) is 10.5. The van der Waals surface area contributed by atoms with E-state index >= 15 is 0 Å². The molecule has 4 rings (SSSR count). The number of fused-ring (bicyclic) bond motifs is 1. The van der Waals surface area contributed by atoms with Gasteiger partial charge in [-0.15, -0.1) is 0 Å². The van der Waals surface area contributed by atoms with Crippen molar-refractivity contribution < 1.29 is 13.9 Å². The first kappa shape index (κ1) is 19.7. The van der Waals surface area contributed by atoms with E-state index in [9.17, 15) is 9.59 Å². The lowest BCUT2D eigenvalue weighted by molar-refractivity contribution is -0.133. The van der Waals surface area contributed by atoms with Gasteiger partial charge in [0.05, 0.1) is 6.54 Å². The maximum Gasteiger partial charge on any atom is 0.260 e. The fraction of sp³-hybridized carbons (Fsp3) is 0.478. The highest BCUT2D eigenvalue weighted by molar-refractivity contribution is 5.77. The Morgan fingerprint density at radius 3 is 2.55 bits per heavy atom. The van der Waals surface area contributed by atoms with Gasteiger partial charge in [-0.05, 0) is 30.4 Å². The summed E-state index contributed by atoms with van der Waals surface area (Å²) in [5.41, 5.74) is 2.48. The minimum atomic E-state index is -0.243. The molecule has 29 heavy (non-hydrogen) atoms. The summed E-state index contributed by atoms with van der Waals surface area (Å²) in [6.45, 7) is 3.79. The van der Waals surface area contributed by atoms with Gasteiger partial charge < -0.3 is 14.1 Å². The van der Waals surface area contributed by atoms with E-state index in [0.29, 0.717) is 12.3 Å². The summed E-state index contributed by atoms with van der Waals surface area (Å²) in [4.78, 5) is 28.8. The van der Waals surface area contributed by atoms with E-state index in [4.69, 9.17) is 9.15 Å². The average Bonchev–Trinajstić information content (AvgIpc) is 3.02. The molecule has 1 fully saturated rings. The van der Waals surface area contributed by atoms with Crippen molar-refractivity contribution in [3.63, 3.8) is 0 Å². The van der Waals surface area contributed by atoms with E-state index < -0.39 is 0 Å². The number of carbonyl (C=O) groups excluding carboxylic acids is 1. The normalized spacial score (nSPS) is 17.4. The van der Waals surface area contributed by atoms with Crippen molar-refractivity contribution >= 4 is 5.91 Å². The number of ether oxygens (including phenoxy) is 1. The molecule has 0 bridgehead atoms. The first-order valence-electron chi connectivity index (χ1n) is 10.5. The van der Waals surface area contributed by atoms with Gasteiger partial charge in [0.25, 0.3) is 5.91 Å². The third-order valence-corrected chi connectivity index (χ3v) is 5.75. The molecule has 2 aliphatic heterocycles. The topological polar surface area (TPSA) is 63.0 Å². The molecule has 2 aliphatic rings. The second-order valence-corrected chi connectivity index (χ2v) is 7.89. The average molecular weight is 396 g/mol. The van der Waals surface area contributed by atoms with Crippen molar-refractivity contribution in [1.82, 2.24) is 9.80 Å². The van der Waals surface area contributed by atoms with Crippen LogP contribution in [0.4, 0.5) is 0 Å². The number of likely N-dealkylation sites (tertiary alicyclic amines) is 1. The zero-order valence-electron chi connectivity index (χ0n) is 16.8. The molecule has 0 radical (unpaired) electrons. The van der Waals surface area contributed by atoms with Crippen LogP contribution in [0.15, 0.2) is 45.8 Å². The lowest BCUT2D eigenvalue weighted by atomic mass is 10.00. The van der Waals surface area contributed by atoms with Gasteiger partial charge in [0, 0.05) is 32.2 Å². The molecule has 1 aromatic heterocycles. The van der Waals surface area contributed by atoms with Crippen LogP contribution in [0.2, 0.25) is 0 Å². The maximum atomic E-state index is 12.4. The smallest absolute Gasteiger partial charge is 0.260 e. The Labute approximate surface area is 171 Å². The molecule has 3 heterocycles. The van der Waals surface area contributed by atoms with Crippen molar-refractivity contribution in [2.24, 2.45) is 0 Å². The van der Waals surface area contributed by atoms with Gasteiger partial charge in [-0.1, -0.05) is 37.1 Å².